The molecule has 0 aromatic carbocycles. The fraction of sp³-hybridized carbons (Fsp3) is 0.769. The molecule has 218 valence electrons. The summed E-state index contributed by atoms with van der Waals surface area (Å²) in [5, 5.41) is 2.90. The fourth-order valence-electron chi connectivity index (χ4n) is 4.37. The molecule has 0 saturated carbocycles. The molecule has 5 atom stereocenters. The number of thioether (sulfide) groups is 1. The molecule has 38 heavy (non-hydrogen) atoms. The van der Waals surface area contributed by atoms with Crippen molar-refractivity contribution in [2.24, 2.45) is 0 Å². The van der Waals surface area contributed by atoms with Crippen LogP contribution in [0.1, 0.15) is 60.8 Å². The summed E-state index contributed by atoms with van der Waals surface area (Å²) >= 11 is 1.29. The van der Waals surface area contributed by atoms with Crippen LogP contribution in [-0.4, -0.2) is 89.9 Å². The van der Waals surface area contributed by atoms with E-state index in [9.17, 15) is 9.59 Å². The predicted molar refractivity (Wildman–Crippen MR) is 151 cm³/mol. The first-order valence-corrected chi connectivity index (χ1v) is 15.5. The van der Waals surface area contributed by atoms with Gasteiger partial charge in [0.25, 0.3) is 14.4 Å². The number of hydrogen-bond donors (Lipinski definition) is 1. The summed E-state index contributed by atoms with van der Waals surface area (Å²) in [7, 11) is 0.170. The van der Waals surface area contributed by atoms with E-state index in [1.807, 2.05) is 6.92 Å². The summed E-state index contributed by atoms with van der Waals surface area (Å²) in [6.07, 6.45) is 3.74. The molecule has 1 N–H and O–H groups in total. The van der Waals surface area contributed by atoms with Crippen molar-refractivity contribution < 1.29 is 32.8 Å². The molecule has 2 heterocycles. The molecule has 0 aromatic heterocycles. The first kappa shape index (κ1) is 33.2. The maximum absolute atomic E-state index is 11.8. The van der Waals surface area contributed by atoms with Gasteiger partial charge >= 0.3 is 0 Å². The van der Waals surface area contributed by atoms with Gasteiger partial charge in [-0.25, -0.2) is 4.67 Å². The van der Waals surface area contributed by atoms with Crippen molar-refractivity contribution in [3.05, 3.63) is 24.7 Å². The number of nitrogens with zero attached hydrogens (tertiary/aromatic N) is 2. The van der Waals surface area contributed by atoms with Gasteiger partial charge in [-0.2, -0.15) is 0 Å². The molecule has 2 rings (SSSR count). The van der Waals surface area contributed by atoms with Crippen LogP contribution >= 0.6 is 20.3 Å². The number of rotatable bonds is 17. The first-order valence-electron chi connectivity index (χ1n) is 13.4. The molecule has 0 aliphatic carbocycles. The lowest BCUT2D eigenvalue weighted by Crippen LogP contribution is -2.47. The van der Waals surface area contributed by atoms with Crippen molar-refractivity contribution in [3.8, 4) is 0 Å². The van der Waals surface area contributed by atoms with E-state index in [-0.39, 0.29) is 29.2 Å². The summed E-state index contributed by atoms with van der Waals surface area (Å²) in [5.41, 5.74) is 0. The van der Waals surface area contributed by atoms with E-state index in [1.165, 1.54) is 17.8 Å². The van der Waals surface area contributed by atoms with E-state index in [2.05, 4.69) is 51.2 Å². The third-order valence-electron chi connectivity index (χ3n) is 6.04. The van der Waals surface area contributed by atoms with Gasteiger partial charge in [0.05, 0.1) is 25.9 Å². The average molecular weight is 576 g/mol. The van der Waals surface area contributed by atoms with Crippen LogP contribution in [0.2, 0.25) is 0 Å². The van der Waals surface area contributed by atoms with Gasteiger partial charge in [-0.3, -0.25) is 9.59 Å². The van der Waals surface area contributed by atoms with Crippen molar-refractivity contribution >= 4 is 31.3 Å². The summed E-state index contributed by atoms with van der Waals surface area (Å²) in [4.78, 5) is 25.0. The molecule has 2 aliphatic heterocycles. The zero-order valence-corrected chi connectivity index (χ0v) is 25.6. The number of nitrogens with one attached hydrogen (secondary N) is 1. The zero-order chi connectivity index (χ0) is 28.2. The third kappa shape index (κ3) is 9.55. The Morgan fingerprint density at radius 1 is 1.21 bits per heavy atom. The Bertz CT molecular complexity index is 793. The van der Waals surface area contributed by atoms with Crippen molar-refractivity contribution in [1.82, 2.24) is 14.9 Å². The van der Waals surface area contributed by atoms with Gasteiger partial charge in [-0.1, -0.05) is 38.6 Å². The van der Waals surface area contributed by atoms with Crippen molar-refractivity contribution in [1.29, 1.82) is 0 Å². The Morgan fingerprint density at radius 3 is 2.50 bits per heavy atom. The maximum atomic E-state index is 11.8. The van der Waals surface area contributed by atoms with E-state index in [0.717, 1.165) is 12.8 Å². The van der Waals surface area contributed by atoms with Gasteiger partial charge in [0.15, 0.2) is 11.3 Å². The van der Waals surface area contributed by atoms with Gasteiger partial charge < -0.3 is 33.5 Å². The Hall–Kier alpha value is -1.04. The molecule has 1 fully saturated rings. The van der Waals surface area contributed by atoms with E-state index < -0.39 is 27.0 Å². The molecule has 0 spiro atoms. The lowest BCUT2D eigenvalue weighted by atomic mass is 10.1. The van der Waals surface area contributed by atoms with Crippen LogP contribution in [0.25, 0.3) is 0 Å². The van der Waals surface area contributed by atoms with Crippen LogP contribution < -0.4 is 5.32 Å². The second-order valence-corrected chi connectivity index (χ2v) is 12.2. The number of methoxy groups -OCH3 is 1. The van der Waals surface area contributed by atoms with E-state index in [1.54, 1.807) is 18.2 Å². The second kappa shape index (κ2) is 16.9. The smallest absolute Gasteiger partial charge is 0.259 e. The largest absolute Gasteiger partial charge is 0.378 e. The molecule has 2 aliphatic rings. The molecule has 0 bridgehead atoms. The molecular formula is C26H46N3O7PS. The summed E-state index contributed by atoms with van der Waals surface area (Å²) < 4.78 is 33.4. The number of ether oxygens (including phenoxy) is 3. The number of hydrogen-bond acceptors (Lipinski definition) is 10. The monoisotopic (exact) mass is 575 g/mol. The molecule has 12 heteroatoms. The van der Waals surface area contributed by atoms with Crippen molar-refractivity contribution in [2.45, 2.75) is 97.4 Å². The average Bonchev–Trinajstić information content (AvgIpc) is 3.19. The normalized spacial score (nSPS) is 24.6. The minimum Gasteiger partial charge on any atom is -0.378 e. The predicted octanol–water partition coefficient (Wildman–Crippen LogP) is 4.38. The van der Waals surface area contributed by atoms with Crippen LogP contribution in [0.3, 0.4) is 0 Å². The van der Waals surface area contributed by atoms with E-state index in [4.69, 9.17) is 23.3 Å². The van der Waals surface area contributed by atoms with Crippen molar-refractivity contribution in [3.63, 3.8) is 0 Å². The Morgan fingerprint density at radius 2 is 1.92 bits per heavy atom. The quantitative estimate of drug-likeness (QED) is 0.199. The van der Waals surface area contributed by atoms with Crippen LogP contribution in [0.5, 0.6) is 0 Å². The lowest BCUT2D eigenvalue weighted by molar-refractivity contribution is -0.118. The van der Waals surface area contributed by atoms with Gasteiger partial charge in [0.1, 0.15) is 18.0 Å². The molecule has 1 amide bonds. The Balaban J connectivity index is 2.14. The number of amides is 1. The third-order valence-corrected chi connectivity index (χ3v) is 9.15. The molecule has 1 saturated heterocycles. The summed E-state index contributed by atoms with van der Waals surface area (Å²) in [6.45, 7) is 17.7. The maximum Gasteiger partial charge on any atom is 0.259 e. The topological polar surface area (TPSA) is 98.8 Å². The van der Waals surface area contributed by atoms with Crippen LogP contribution in [0, 0.1) is 0 Å². The van der Waals surface area contributed by atoms with Gasteiger partial charge in [0.2, 0.25) is 0 Å². The van der Waals surface area contributed by atoms with Gasteiger partial charge in [-0.05, 0) is 34.1 Å². The SMILES string of the molecule is C=C1NC(=O)C=CN1C1OC(CCC)C(OP(OCCOCCSC(=O)CC)N(C(C)C)C(C)C)C1OC. The second-order valence-electron chi connectivity index (χ2n) is 9.61. The standard InChI is InChI=1S/C26H46N3O7PS/c1-9-11-21-24(25(32-8)26(35-21)28-13-12-22(30)27-20(28)7)36-37(29(18(3)4)19(5)6)34-15-14-33-16-17-38-23(31)10-2/h12-13,18-19,21,24-26H,7,9-11,14-17H2,1-6,8H3,(H,27,30). The highest BCUT2D eigenvalue weighted by molar-refractivity contribution is 8.13. The van der Waals surface area contributed by atoms with Gasteiger partial charge in [-0.15, -0.1) is 0 Å². The minimum atomic E-state index is -1.47. The number of carbonyl (C=O) groups excluding carboxylic acids is 2. The highest BCUT2D eigenvalue weighted by Crippen LogP contribution is 2.50. The molecule has 10 nitrogen and oxygen atoms in total. The highest BCUT2D eigenvalue weighted by Gasteiger charge is 2.50. The van der Waals surface area contributed by atoms with Crippen molar-refractivity contribution in [2.75, 3.05) is 32.7 Å². The Kier molecular flexibility index (Phi) is 14.8. The highest BCUT2D eigenvalue weighted by atomic mass is 32.2. The zero-order valence-electron chi connectivity index (χ0n) is 23.9. The Labute approximate surface area is 233 Å². The van der Waals surface area contributed by atoms with Gasteiger partial charge in [0, 0.05) is 43.6 Å². The molecular weight excluding hydrogens is 529 g/mol. The van der Waals surface area contributed by atoms with E-state index in [0.29, 0.717) is 37.8 Å². The van der Waals surface area contributed by atoms with E-state index >= 15 is 0 Å². The minimum absolute atomic E-state index is 0.170. The van der Waals surface area contributed by atoms with Crippen LogP contribution in [-0.2, 0) is 32.8 Å². The first-order chi connectivity index (χ1) is 18.1. The molecule has 5 unspecified atom stereocenters. The molecule has 0 aromatic rings. The summed E-state index contributed by atoms with van der Waals surface area (Å²) in [6, 6.07) is 0.365. The van der Waals surface area contributed by atoms with Crippen LogP contribution in [0.15, 0.2) is 24.7 Å². The summed E-state index contributed by atoms with van der Waals surface area (Å²) in [5.74, 6) is 0.838. The molecule has 0 radical (unpaired) electrons. The van der Waals surface area contributed by atoms with Crippen LogP contribution in [0.4, 0.5) is 0 Å². The lowest BCUT2D eigenvalue weighted by Gasteiger charge is -2.38. The fourth-order valence-corrected chi connectivity index (χ4v) is 6.76. The number of carbonyl (C=O) groups is 2.